The summed E-state index contributed by atoms with van der Waals surface area (Å²) in [5.74, 6) is -0.756. The summed E-state index contributed by atoms with van der Waals surface area (Å²) >= 11 is 11.8. The van der Waals surface area contributed by atoms with Gasteiger partial charge in [0, 0.05) is 0 Å². The van der Waals surface area contributed by atoms with Gasteiger partial charge in [-0.05, 0) is 37.0 Å². The Balaban J connectivity index is 3.02. The molecule has 1 atom stereocenters. The summed E-state index contributed by atoms with van der Waals surface area (Å²) in [6.07, 6.45) is 0.441. The molecule has 1 aromatic carbocycles. The molecule has 1 N–H and O–H groups in total. The van der Waals surface area contributed by atoms with E-state index in [0.29, 0.717) is 16.5 Å². The van der Waals surface area contributed by atoms with Crippen LogP contribution >= 0.6 is 23.2 Å². The molecule has 0 aromatic heterocycles. The minimum atomic E-state index is -0.794. The van der Waals surface area contributed by atoms with Crippen molar-refractivity contribution >= 4 is 29.2 Å². The van der Waals surface area contributed by atoms with Gasteiger partial charge in [-0.3, -0.25) is 4.79 Å². The van der Waals surface area contributed by atoms with Crippen molar-refractivity contribution in [2.45, 2.75) is 27.2 Å². The third-order valence-electron chi connectivity index (χ3n) is 3.32. The van der Waals surface area contributed by atoms with Gasteiger partial charge in [0.15, 0.2) is 0 Å². The third-order valence-corrected chi connectivity index (χ3v) is 4.06. The third kappa shape index (κ3) is 3.14. The molecule has 17 heavy (non-hydrogen) atoms. The number of benzene rings is 1. The van der Waals surface area contributed by atoms with Crippen molar-refractivity contribution in [1.82, 2.24) is 0 Å². The van der Waals surface area contributed by atoms with E-state index in [1.165, 1.54) is 0 Å². The minimum Gasteiger partial charge on any atom is -0.481 e. The second kappa shape index (κ2) is 5.28. The fraction of sp³-hybridized carbons (Fsp3) is 0.462. The molecule has 0 aliphatic heterocycles. The van der Waals surface area contributed by atoms with Crippen LogP contribution in [0.2, 0.25) is 10.0 Å². The molecule has 0 aliphatic rings. The zero-order valence-electron chi connectivity index (χ0n) is 10.1. The van der Waals surface area contributed by atoms with E-state index >= 15 is 0 Å². The Bertz CT molecular complexity index is 429. The number of rotatable bonds is 4. The van der Waals surface area contributed by atoms with Crippen LogP contribution in [0.5, 0.6) is 0 Å². The van der Waals surface area contributed by atoms with E-state index in [9.17, 15) is 9.90 Å². The zero-order chi connectivity index (χ0) is 13.2. The quantitative estimate of drug-likeness (QED) is 0.890. The molecule has 2 nitrogen and oxygen atoms in total. The van der Waals surface area contributed by atoms with Crippen molar-refractivity contribution < 1.29 is 9.90 Å². The monoisotopic (exact) mass is 274 g/mol. The highest BCUT2D eigenvalue weighted by molar-refractivity contribution is 6.42. The van der Waals surface area contributed by atoms with Gasteiger partial charge in [0.05, 0.1) is 15.5 Å². The first kappa shape index (κ1) is 14.3. The Labute approximate surface area is 112 Å². The number of hydrogen-bond donors (Lipinski definition) is 1. The molecule has 0 fully saturated rings. The van der Waals surface area contributed by atoms with Gasteiger partial charge in [0.2, 0.25) is 0 Å². The second-order valence-corrected chi connectivity index (χ2v) is 5.62. The molecule has 1 unspecified atom stereocenters. The van der Waals surface area contributed by atoms with Crippen molar-refractivity contribution in [3.05, 3.63) is 33.8 Å². The maximum Gasteiger partial charge on any atom is 0.309 e. The van der Waals surface area contributed by atoms with Crippen LogP contribution < -0.4 is 0 Å². The Morgan fingerprint density at radius 1 is 1.35 bits per heavy atom. The summed E-state index contributed by atoms with van der Waals surface area (Å²) < 4.78 is 0. The Hall–Kier alpha value is -0.730. The molecular weight excluding hydrogens is 259 g/mol. The highest BCUT2D eigenvalue weighted by Gasteiger charge is 2.36. The van der Waals surface area contributed by atoms with Gasteiger partial charge in [0.1, 0.15) is 0 Å². The number of carboxylic acid groups (broad SMARTS) is 1. The molecule has 0 aliphatic carbocycles. The van der Waals surface area contributed by atoms with Gasteiger partial charge in [-0.2, -0.15) is 0 Å². The van der Waals surface area contributed by atoms with E-state index in [1.807, 2.05) is 19.9 Å². The molecule has 0 heterocycles. The van der Waals surface area contributed by atoms with Crippen molar-refractivity contribution in [2.75, 3.05) is 0 Å². The van der Waals surface area contributed by atoms with Gasteiger partial charge < -0.3 is 5.11 Å². The zero-order valence-corrected chi connectivity index (χ0v) is 11.6. The SMILES string of the molecule is CC(C)C(C)(Cc1ccc(Cl)c(Cl)c1)C(=O)O. The minimum absolute atomic E-state index is 0.0365. The lowest BCUT2D eigenvalue weighted by molar-refractivity contribution is -0.150. The van der Waals surface area contributed by atoms with Crippen LogP contribution in [0.15, 0.2) is 18.2 Å². The standard InChI is InChI=1S/C13H16Cl2O2/c1-8(2)13(3,12(16)17)7-9-4-5-10(14)11(15)6-9/h4-6,8H,7H2,1-3H3,(H,16,17). The lowest BCUT2D eigenvalue weighted by Gasteiger charge is -2.29. The number of carboxylic acids is 1. The van der Waals surface area contributed by atoms with Crippen molar-refractivity contribution in [2.24, 2.45) is 11.3 Å². The van der Waals surface area contributed by atoms with E-state index in [4.69, 9.17) is 23.2 Å². The van der Waals surface area contributed by atoms with Crippen molar-refractivity contribution in [3.8, 4) is 0 Å². The van der Waals surface area contributed by atoms with E-state index in [1.54, 1.807) is 19.1 Å². The summed E-state index contributed by atoms with van der Waals surface area (Å²) in [7, 11) is 0. The maximum absolute atomic E-state index is 11.4. The summed E-state index contributed by atoms with van der Waals surface area (Å²) in [6.45, 7) is 5.57. The van der Waals surface area contributed by atoms with Crippen LogP contribution in [-0.4, -0.2) is 11.1 Å². The lowest BCUT2D eigenvalue weighted by atomic mass is 9.74. The number of halogens is 2. The molecule has 0 saturated carbocycles. The molecule has 0 saturated heterocycles. The first-order chi connectivity index (χ1) is 7.77. The van der Waals surface area contributed by atoms with E-state index in [2.05, 4.69) is 0 Å². The highest BCUT2D eigenvalue weighted by atomic mass is 35.5. The molecule has 4 heteroatoms. The van der Waals surface area contributed by atoms with E-state index < -0.39 is 11.4 Å². The van der Waals surface area contributed by atoms with Crippen LogP contribution in [0.1, 0.15) is 26.3 Å². The number of aliphatic carboxylic acids is 1. The predicted octanol–water partition coefficient (Wildman–Crippen LogP) is 4.28. The molecule has 0 amide bonds. The lowest BCUT2D eigenvalue weighted by Crippen LogP contribution is -2.35. The van der Waals surface area contributed by atoms with E-state index in [0.717, 1.165) is 5.56 Å². The topological polar surface area (TPSA) is 37.3 Å². The Morgan fingerprint density at radius 2 is 1.94 bits per heavy atom. The molecule has 0 spiro atoms. The van der Waals surface area contributed by atoms with Gasteiger partial charge in [-0.25, -0.2) is 0 Å². The van der Waals surface area contributed by atoms with Crippen LogP contribution in [0.25, 0.3) is 0 Å². The molecule has 1 aromatic rings. The first-order valence-electron chi connectivity index (χ1n) is 5.44. The predicted molar refractivity (Wildman–Crippen MR) is 70.7 cm³/mol. The number of hydrogen-bond acceptors (Lipinski definition) is 1. The molecule has 94 valence electrons. The number of carbonyl (C=O) groups is 1. The largest absolute Gasteiger partial charge is 0.481 e. The van der Waals surface area contributed by atoms with Crippen molar-refractivity contribution in [3.63, 3.8) is 0 Å². The summed E-state index contributed by atoms with van der Waals surface area (Å²) in [5, 5.41) is 10.3. The van der Waals surface area contributed by atoms with Crippen LogP contribution in [0, 0.1) is 11.3 Å². The fourth-order valence-electron chi connectivity index (χ4n) is 1.60. The average molecular weight is 275 g/mol. The molecule has 0 bridgehead atoms. The normalized spacial score (nSPS) is 14.7. The second-order valence-electron chi connectivity index (χ2n) is 4.80. The van der Waals surface area contributed by atoms with Gasteiger partial charge in [-0.1, -0.05) is 43.1 Å². The van der Waals surface area contributed by atoms with Crippen LogP contribution in [-0.2, 0) is 11.2 Å². The van der Waals surface area contributed by atoms with E-state index in [-0.39, 0.29) is 5.92 Å². The molecule has 0 radical (unpaired) electrons. The van der Waals surface area contributed by atoms with Gasteiger partial charge in [0.25, 0.3) is 0 Å². The molecular formula is C13H16Cl2O2. The van der Waals surface area contributed by atoms with Crippen molar-refractivity contribution in [1.29, 1.82) is 0 Å². The summed E-state index contributed by atoms with van der Waals surface area (Å²) in [6, 6.07) is 5.24. The molecule has 1 rings (SSSR count). The summed E-state index contributed by atoms with van der Waals surface area (Å²) in [4.78, 5) is 11.4. The highest BCUT2D eigenvalue weighted by Crippen LogP contribution is 2.33. The Kier molecular flexibility index (Phi) is 4.45. The maximum atomic E-state index is 11.4. The fourth-order valence-corrected chi connectivity index (χ4v) is 1.92. The smallest absolute Gasteiger partial charge is 0.309 e. The van der Waals surface area contributed by atoms with Gasteiger partial charge in [-0.15, -0.1) is 0 Å². The Morgan fingerprint density at radius 3 is 2.35 bits per heavy atom. The van der Waals surface area contributed by atoms with Crippen LogP contribution in [0.3, 0.4) is 0 Å². The summed E-state index contributed by atoms with van der Waals surface area (Å²) in [5.41, 5.74) is 0.0926. The van der Waals surface area contributed by atoms with Crippen LogP contribution in [0.4, 0.5) is 0 Å². The average Bonchev–Trinajstić information content (AvgIpc) is 2.22. The van der Waals surface area contributed by atoms with Gasteiger partial charge >= 0.3 is 5.97 Å². The first-order valence-corrected chi connectivity index (χ1v) is 6.20.